The fourth-order valence-corrected chi connectivity index (χ4v) is 1.93. The Morgan fingerprint density at radius 3 is 2.95 bits per heavy atom. The maximum absolute atomic E-state index is 9.84. The Labute approximate surface area is 118 Å². The van der Waals surface area contributed by atoms with Gasteiger partial charge in [-0.25, -0.2) is 0 Å². The van der Waals surface area contributed by atoms with Crippen LogP contribution in [0, 0.1) is 11.3 Å². The second kappa shape index (κ2) is 6.42. The number of rotatable bonds is 6. The molecule has 1 aromatic carbocycles. The maximum atomic E-state index is 9.84. The second-order valence-corrected chi connectivity index (χ2v) is 5.04. The van der Waals surface area contributed by atoms with Crippen molar-refractivity contribution in [1.29, 1.82) is 5.26 Å². The van der Waals surface area contributed by atoms with Gasteiger partial charge >= 0.3 is 0 Å². The Balaban J connectivity index is 2.03. The van der Waals surface area contributed by atoms with Crippen LogP contribution in [-0.4, -0.2) is 35.4 Å². The van der Waals surface area contributed by atoms with Crippen LogP contribution < -0.4 is 10.1 Å². The van der Waals surface area contributed by atoms with Crippen molar-refractivity contribution < 1.29 is 9.84 Å². The molecular weight excluding hydrogens is 254 g/mol. The monoisotopic (exact) mass is 273 g/mol. The van der Waals surface area contributed by atoms with Crippen molar-refractivity contribution in [2.45, 2.75) is 26.0 Å². The molecule has 0 bridgehead atoms. The van der Waals surface area contributed by atoms with Crippen molar-refractivity contribution in [2.24, 2.45) is 0 Å². The van der Waals surface area contributed by atoms with Gasteiger partial charge in [0.15, 0.2) is 0 Å². The van der Waals surface area contributed by atoms with Gasteiger partial charge in [-0.1, -0.05) is 19.9 Å². The minimum atomic E-state index is -0.568. The zero-order valence-corrected chi connectivity index (χ0v) is 11.7. The van der Waals surface area contributed by atoms with E-state index in [1.165, 1.54) is 0 Å². The summed E-state index contributed by atoms with van der Waals surface area (Å²) in [5.41, 5.74) is 1.35. The lowest BCUT2D eigenvalue weighted by molar-refractivity contribution is 0.105. The van der Waals surface area contributed by atoms with Crippen molar-refractivity contribution in [2.75, 3.05) is 13.2 Å². The number of nitrogens with one attached hydrogen (secondary N) is 2. The number of nitrogens with zero attached hydrogens (tertiary/aromatic N) is 1. The van der Waals surface area contributed by atoms with E-state index in [2.05, 4.69) is 16.4 Å². The van der Waals surface area contributed by atoms with E-state index < -0.39 is 6.10 Å². The minimum absolute atomic E-state index is 0.214. The molecule has 5 nitrogen and oxygen atoms in total. The Morgan fingerprint density at radius 1 is 1.45 bits per heavy atom. The van der Waals surface area contributed by atoms with Crippen LogP contribution in [0.2, 0.25) is 0 Å². The van der Waals surface area contributed by atoms with Gasteiger partial charge in [-0.05, 0) is 18.2 Å². The summed E-state index contributed by atoms with van der Waals surface area (Å²) in [6.07, 6.45) is -0.568. The van der Waals surface area contributed by atoms with E-state index in [1.54, 1.807) is 6.07 Å². The fourth-order valence-electron chi connectivity index (χ4n) is 1.93. The van der Waals surface area contributed by atoms with E-state index >= 15 is 0 Å². The van der Waals surface area contributed by atoms with Crippen LogP contribution in [0.15, 0.2) is 24.3 Å². The van der Waals surface area contributed by atoms with E-state index in [0.717, 1.165) is 10.9 Å². The summed E-state index contributed by atoms with van der Waals surface area (Å²) < 4.78 is 5.65. The molecule has 1 heterocycles. The summed E-state index contributed by atoms with van der Waals surface area (Å²) in [6, 6.07) is 9.73. The normalized spacial score (nSPS) is 12.6. The lowest BCUT2D eigenvalue weighted by atomic mass is 10.2. The molecule has 0 fully saturated rings. The zero-order valence-electron chi connectivity index (χ0n) is 11.7. The van der Waals surface area contributed by atoms with Gasteiger partial charge < -0.3 is 20.1 Å². The van der Waals surface area contributed by atoms with Gasteiger partial charge in [0.2, 0.25) is 0 Å². The molecule has 0 aliphatic carbocycles. The van der Waals surface area contributed by atoms with Crippen molar-refractivity contribution in [3.05, 3.63) is 30.0 Å². The van der Waals surface area contributed by atoms with E-state index in [4.69, 9.17) is 10.00 Å². The molecule has 20 heavy (non-hydrogen) atoms. The highest BCUT2D eigenvalue weighted by Gasteiger charge is 2.09. The first-order chi connectivity index (χ1) is 9.60. The molecule has 0 aliphatic heterocycles. The van der Waals surface area contributed by atoms with E-state index in [0.29, 0.717) is 24.0 Å². The molecule has 0 radical (unpaired) electrons. The van der Waals surface area contributed by atoms with Crippen molar-refractivity contribution in [1.82, 2.24) is 10.3 Å². The maximum Gasteiger partial charge on any atom is 0.128 e. The Bertz CT molecular complexity index is 613. The number of benzene rings is 1. The van der Waals surface area contributed by atoms with Crippen molar-refractivity contribution in [3.63, 3.8) is 0 Å². The number of nitriles is 1. The quantitative estimate of drug-likeness (QED) is 0.749. The molecule has 2 aromatic rings. The van der Waals surface area contributed by atoms with Crippen LogP contribution in [0.3, 0.4) is 0 Å². The number of hydrogen-bond acceptors (Lipinski definition) is 4. The number of aliphatic hydroxyl groups excluding tert-OH is 1. The van der Waals surface area contributed by atoms with E-state index in [9.17, 15) is 5.11 Å². The number of hydrogen-bond donors (Lipinski definition) is 3. The van der Waals surface area contributed by atoms with Crippen LogP contribution in [0.5, 0.6) is 5.75 Å². The summed E-state index contributed by atoms with van der Waals surface area (Å²) in [6.45, 7) is 4.76. The van der Waals surface area contributed by atoms with Crippen LogP contribution in [0.25, 0.3) is 10.9 Å². The number of aliphatic hydroxyl groups is 1. The zero-order chi connectivity index (χ0) is 14.5. The van der Waals surface area contributed by atoms with Gasteiger partial charge in [0.25, 0.3) is 0 Å². The summed E-state index contributed by atoms with van der Waals surface area (Å²) in [4.78, 5) is 3.00. The van der Waals surface area contributed by atoms with Crippen LogP contribution in [-0.2, 0) is 0 Å². The third-order valence-electron chi connectivity index (χ3n) is 2.94. The summed E-state index contributed by atoms with van der Waals surface area (Å²) >= 11 is 0. The topological polar surface area (TPSA) is 81.1 Å². The highest BCUT2D eigenvalue weighted by Crippen LogP contribution is 2.26. The number of ether oxygens (including phenoxy) is 1. The highest BCUT2D eigenvalue weighted by molar-refractivity contribution is 5.87. The molecule has 0 aliphatic rings. The van der Waals surface area contributed by atoms with Gasteiger partial charge in [0.05, 0.1) is 5.52 Å². The van der Waals surface area contributed by atoms with Crippen LogP contribution >= 0.6 is 0 Å². The third-order valence-corrected chi connectivity index (χ3v) is 2.94. The number of H-pyrrole nitrogens is 1. The molecular formula is C15H19N3O2. The van der Waals surface area contributed by atoms with Crippen LogP contribution in [0.1, 0.15) is 19.5 Å². The molecule has 5 heteroatoms. The van der Waals surface area contributed by atoms with E-state index in [1.807, 2.05) is 32.0 Å². The van der Waals surface area contributed by atoms with E-state index in [-0.39, 0.29) is 6.61 Å². The number of fused-ring (bicyclic) bond motifs is 1. The fraction of sp³-hybridized carbons (Fsp3) is 0.400. The average Bonchev–Trinajstić information content (AvgIpc) is 2.86. The Morgan fingerprint density at radius 2 is 2.25 bits per heavy atom. The molecule has 1 unspecified atom stereocenters. The number of aromatic amines is 1. The summed E-state index contributed by atoms with van der Waals surface area (Å²) in [5.74, 6) is 0.670. The van der Waals surface area contributed by atoms with Gasteiger partial charge in [-0.2, -0.15) is 5.26 Å². The lowest BCUT2D eigenvalue weighted by Gasteiger charge is -2.15. The van der Waals surface area contributed by atoms with Crippen molar-refractivity contribution >= 4 is 10.9 Å². The Hall–Kier alpha value is -2.03. The molecule has 1 atom stereocenters. The van der Waals surface area contributed by atoms with Gasteiger partial charge in [-0.3, -0.25) is 0 Å². The smallest absolute Gasteiger partial charge is 0.128 e. The first kappa shape index (κ1) is 14.4. The molecule has 2 rings (SSSR count). The first-order valence-corrected chi connectivity index (χ1v) is 6.66. The average molecular weight is 273 g/mol. The summed E-state index contributed by atoms with van der Waals surface area (Å²) in [7, 11) is 0. The lowest BCUT2D eigenvalue weighted by Crippen LogP contribution is -2.35. The molecule has 3 N–H and O–H groups in total. The predicted octanol–water partition coefficient (Wildman–Crippen LogP) is 1.78. The number of aromatic nitrogens is 1. The highest BCUT2D eigenvalue weighted by atomic mass is 16.5. The first-order valence-electron chi connectivity index (χ1n) is 6.66. The van der Waals surface area contributed by atoms with Gasteiger partial charge in [0, 0.05) is 18.0 Å². The van der Waals surface area contributed by atoms with Crippen molar-refractivity contribution in [3.8, 4) is 11.8 Å². The molecule has 0 spiro atoms. The third kappa shape index (κ3) is 3.50. The molecule has 106 valence electrons. The Kier molecular flexibility index (Phi) is 4.61. The molecule has 0 saturated carbocycles. The minimum Gasteiger partial charge on any atom is -0.490 e. The predicted molar refractivity (Wildman–Crippen MR) is 77.7 cm³/mol. The molecule has 0 amide bonds. The summed E-state index contributed by atoms with van der Waals surface area (Å²) in [5, 5.41) is 22.7. The molecule has 0 saturated heterocycles. The second-order valence-electron chi connectivity index (χ2n) is 5.04. The standard InChI is InChI=1S/C15H19N3O2/c1-10(2)17-8-12(19)9-20-15-5-3-4-14-13(15)6-11(7-16)18-14/h3-6,10,12,17-19H,8-9H2,1-2H3. The van der Waals surface area contributed by atoms with Gasteiger partial charge in [0.1, 0.15) is 30.2 Å². The SMILES string of the molecule is CC(C)NCC(O)COc1cccc2[nH]c(C#N)cc12. The van der Waals surface area contributed by atoms with Gasteiger partial charge in [-0.15, -0.1) is 0 Å². The largest absolute Gasteiger partial charge is 0.490 e. The molecule has 1 aromatic heterocycles. The van der Waals surface area contributed by atoms with Crippen LogP contribution in [0.4, 0.5) is 0 Å².